The number of nitrogens with zero attached hydrogens (tertiary/aromatic N) is 2. The number of pyridine rings is 1. The third kappa shape index (κ3) is 2.68. The Balaban J connectivity index is 1.53. The van der Waals surface area contributed by atoms with Crippen LogP contribution >= 0.6 is 0 Å². The Labute approximate surface area is 145 Å². The molecular formula is C18H22N4O3. The van der Waals surface area contributed by atoms with Crippen LogP contribution in [-0.4, -0.2) is 45.7 Å². The Morgan fingerprint density at radius 1 is 1.36 bits per heavy atom. The van der Waals surface area contributed by atoms with Gasteiger partial charge in [0.05, 0.1) is 24.1 Å². The van der Waals surface area contributed by atoms with E-state index >= 15 is 0 Å². The summed E-state index contributed by atoms with van der Waals surface area (Å²) in [5, 5.41) is 7.27. The van der Waals surface area contributed by atoms with Crippen LogP contribution in [-0.2, 0) is 23.2 Å². The number of ether oxygens (including phenoxy) is 1. The molecule has 7 heteroatoms. The maximum absolute atomic E-state index is 12.9. The molecule has 1 fully saturated rings. The fourth-order valence-corrected chi connectivity index (χ4v) is 3.96. The first-order valence-corrected chi connectivity index (χ1v) is 8.81. The molecule has 7 nitrogen and oxygen atoms in total. The summed E-state index contributed by atoms with van der Waals surface area (Å²) in [6.07, 6.45) is 4.88. The molecule has 0 saturated carbocycles. The largest absolute Gasteiger partial charge is 0.368 e. The van der Waals surface area contributed by atoms with Crippen LogP contribution in [0.4, 0.5) is 0 Å². The average molecular weight is 342 g/mol. The lowest BCUT2D eigenvalue weighted by atomic mass is 9.83. The summed E-state index contributed by atoms with van der Waals surface area (Å²) in [6, 6.07) is 3.05. The van der Waals surface area contributed by atoms with Gasteiger partial charge in [-0.15, -0.1) is 0 Å². The van der Waals surface area contributed by atoms with Crippen molar-refractivity contribution in [2.75, 3.05) is 19.7 Å². The number of rotatable bonds is 2. The van der Waals surface area contributed by atoms with E-state index < -0.39 is 0 Å². The number of hydrogen-bond acceptors (Lipinski definition) is 4. The first kappa shape index (κ1) is 16.1. The second-order valence-electron chi connectivity index (χ2n) is 6.72. The number of nitrogens with one attached hydrogen (secondary N) is 2. The Morgan fingerprint density at radius 3 is 2.92 bits per heavy atom. The first-order chi connectivity index (χ1) is 12.1. The smallest absolute Gasteiger partial charge is 0.255 e. The lowest BCUT2D eigenvalue weighted by Gasteiger charge is -2.43. The van der Waals surface area contributed by atoms with Crippen molar-refractivity contribution in [2.24, 2.45) is 0 Å². The Bertz CT molecular complexity index is 846. The van der Waals surface area contributed by atoms with E-state index in [2.05, 4.69) is 15.2 Å². The number of aromatic nitrogens is 3. The summed E-state index contributed by atoms with van der Waals surface area (Å²) in [7, 11) is 0. The van der Waals surface area contributed by atoms with Gasteiger partial charge in [0, 0.05) is 24.8 Å². The second kappa shape index (κ2) is 6.15. The minimum Gasteiger partial charge on any atom is -0.368 e. The van der Waals surface area contributed by atoms with Crippen molar-refractivity contribution in [1.82, 2.24) is 20.1 Å². The zero-order chi connectivity index (χ0) is 17.4. The molecule has 2 aromatic heterocycles. The highest BCUT2D eigenvalue weighted by molar-refractivity contribution is 5.95. The van der Waals surface area contributed by atoms with Gasteiger partial charge < -0.3 is 14.6 Å². The van der Waals surface area contributed by atoms with Gasteiger partial charge >= 0.3 is 0 Å². The van der Waals surface area contributed by atoms with Crippen LogP contribution in [0.5, 0.6) is 0 Å². The van der Waals surface area contributed by atoms with Crippen LogP contribution in [0.1, 0.15) is 47.1 Å². The van der Waals surface area contributed by atoms with Crippen molar-refractivity contribution in [1.29, 1.82) is 0 Å². The Kier molecular flexibility index (Phi) is 3.95. The number of carbonyl (C=O) groups excluding carboxylic acids is 1. The summed E-state index contributed by atoms with van der Waals surface area (Å²) < 4.78 is 6.13. The number of likely N-dealkylation sites (tertiary alicyclic amines) is 1. The third-order valence-electron chi connectivity index (χ3n) is 5.37. The van der Waals surface area contributed by atoms with Crippen LogP contribution in [0.15, 0.2) is 23.1 Å². The van der Waals surface area contributed by atoms with Crippen molar-refractivity contribution in [3.8, 4) is 0 Å². The molecule has 0 bridgehead atoms. The Morgan fingerprint density at radius 2 is 2.16 bits per heavy atom. The summed E-state index contributed by atoms with van der Waals surface area (Å²) in [6.45, 7) is 3.88. The number of aryl methyl sites for hydroxylation is 1. The maximum Gasteiger partial charge on any atom is 0.255 e. The van der Waals surface area contributed by atoms with Gasteiger partial charge in [-0.05, 0) is 37.3 Å². The predicted octanol–water partition coefficient (Wildman–Crippen LogP) is 1.36. The van der Waals surface area contributed by atoms with E-state index in [1.165, 1.54) is 11.6 Å². The van der Waals surface area contributed by atoms with Crippen molar-refractivity contribution in [3.05, 3.63) is 51.2 Å². The monoisotopic (exact) mass is 342 g/mol. The molecule has 2 N–H and O–H groups in total. The van der Waals surface area contributed by atoms with Crippen molar-refractivity contribution >= 4 is 5.91 Å². The lowest BCUT2D eigenvalue weighted by molar-refractivity contribution is -0.0962. The fraction of sp³-hybridized carbons (Fsp3) is 0.500. The van der Waals surface area contributed by atoms with Gasteiger partial charge in [0.2, 0.25) is 5.56 Å². The number of amides is 1. The van der Waals surface area contributed by atoms with E-state index in [0.717, 1.165) is 25.0 Å². The molecule has 132 valence electrons. The molecule has 1 saturated heterocycles. The number of aromatic amines is 2. The molecule has 0 atom stereocenters. The van der Waals surface area contributed by atoms with E-state index in [1.54, 1.807) is 6.07 Å². The van der Waals surface area contributed by atoms with Crippen molar-refractivity contribution < 1.29 is 9.53 Å². The molecule has 0 aromatic carbocycles. The van der Waals surface area contributed by atoms with Gasteiger partial charge in [-0.2, -0.15) is 5.10 Å². The van der Waals surface area contributed by atoms with Gasteiger partial charge in [-0.1, -0.05) is 6.92 Å². The highest BCUT2D eigenvalue weighted by atomic mass is 16.5. The molecule has 2 aromatic rings. The van der Waals surface area contributed by atoms with Crippen LogP contribution < -0.4 is 5.56 Å². The number of fused-ring (bicyclic) bond motifs is 2. The topological polar surface area (TPSA) is 91.1 Å². The summed E-state index contributed by atoms with van der Waals surface area (Å²) >= 11 is 0. The molecule has 0 unspecified atom stereocenters. The SMILES string of the molecule is CCc1[nH]c(=O)ccc1C(=O)N1CCC2(CC1)OCCc1cn[nH]c12. The fourth-order valence-electron chi connectivity index (χ4n) is 3.96. The first-order valence-electron chi connectivity index (χ1n) is 8.81. The average Bonchev–Trinajstić information content (AvgIpc) is 3.12. The van der Waals surface area contributed by atoms with Crippen LogP contribution in [0.2, 0.25) is 0 Å². The summed E-state index contributed by atoms with van der Waals surface area (Å²) in [4.78, 5) is 29.0. The van der Waals surface area contributed by atoms with Gasteiger partial charge in [-0.3, -0.25) is 14.7 Å². The highest BCUT2D eigenvalue weighted by Gasteiger charge is 2.43. The van der Waals surface area contributed by atoms with Crippen molar-refractivity contribution in [2.45, 2.75) is 38.2 Å². The molecule has 25 heavy (non-hydrogen) atoms. The molecule has 2 aliphatic heterocycles. The minimum absolute atomic E-state index is 0.0245. The maximum atomic E-state index is 12.9. The molecule has 4 heterocycles. The molecule has 1 amide bonds. The molecule has 0 aliphatic carbocycles. The van der Waals surface area contributed by atoms with E-state index in [-0.39, 0.29) is 17.1 Å². The molecule has 0 radical (unpaired) electrons. The molecular weight excluding hydrogens is 320 g/mol. The number of carbonyl (C=O) groups is 1. The van der Waals surface area contributed by atoms with E-state index in [4.69, 9.17) is 4.74 Å². The zero-order valence-corrected chi connectivity index (χ0v) is 14.3. The Hall–Kier alpha value is -2.41. The van der Waals surface area contributed by atoms with Crippen LogP contribution in [0.25, 0.3) is 0 Å². The summed E-state index contributed by atoms with van der Waals surface area (Å²) in [5.74, 6) is -0.0245. The predicted molar refractivity (Wildman–Crippen MR) is 91.5 cm³/mol. The molecule has 1 spiro atoms. The second-order valence-corrected chi connectivity index (χ2v) is 6.72. The number of H-pyrrole nitrogens is 2. The van der Waals surface area contributed by atoms with Gasteiger partial charge in [-0.25, -0.2) is 0 Å². The zero-order valence-electron chi connectivity index (χ0n) is 14.3. The van der Waals surface area contributed by atoms with Crippen LogP contribution in [0.3, 0.4) is 0 Å². The van der Waals surface area contributed by atoms with Gasteiger partial charge in [0.1, 0.15) is 5.60 Å². The third-order valence-corrected chi connectivity index (χ3v) is 5.37. The van der Waals surface area contributed by atoms with Crippen LogP contribution in [0, 0.1) is 0 Å². The van der Waals surface area contributed by atoms with E-state index in [9.17, 15) is 9.59 Å². The van der Waals surface area contributed by atoms with E-state index in [0.29, 0.717) is 37.4 Å². The highest BCUT2D eigenvalue weighted by Crippen LogP contribution is 2.40. The van der Waals surface area contributed by atoms with Gasteiger partial charge in [0.25, 0.3) is 5.91 Å². The normalized spacial score (nSPS) is 19.0. The number of hydrogen-bond donors (Lipinski definition) is 2. The number of piperidine rings is 1. The van der Waals surface area contributed by atoms with Gasteiger partial charge in [0.15, 0.2) is 0 Å². The van der Waals surface area contributed by atoms with Crippen molar-refractivity contribution in [3.63, 3.8) is 0 Å². The summed E-state index contributed by atoms with van der Waals surface area (Å²) in [5.41, 5.74) is 3.06. The quantitative estimate of drug-likeness (QED) is 0.862. The molecule has 2 aliphatic rings. The molecule has 4 rings (SSSR count). The van der Waals surface area contributed by atoms with E-state index in [1.807, 2.05) is 18.0 Å². The lowest BCUT2D eigenvalue weighted by Crippen LogP contribution is -2.48. The minimum atomic E-state index is -0.348. The standard InChI is InChI=1S/C18H22N4O3/c1-2-14-13(3-4-15(23)20-14)17(24)22-8-6-18(7-9-22)16-12(5-10-25-18)11-19-21-16/h3-4,11H,2,5-10H2,1H3,(H,19,21)(H,20,23).